The second kappa shape index (κ2) is 8.50. The Hall–Kier alpha value is -3.13. The van der Waals surface area contributed by atoms with Gasteiger partial charge in [0.05, 0.1) is 11.1 Å². The van der Waals surface area contributed by atoms with Gasteiger partial charge in [-0.25, -0.2) is 0 Å². The lowest BCUT2D eigenvalue weighted by atomic mass is 10.1. The summed E-state index contributed by atoms with van der Waals surface area (Å²) in [6.07, 6.45) is 2.88. The van der Waals surface area contributed by atoms with E-state index in [1.165, 1.54) is 18.5 Å². The van der Waals surface area contributed by atoms with E-state index in [2.05, 4.69) is 15.6 Å². The van der Waals surface area contributed by atoms with E-state index in [1.54, 1.807) is 0 Å². The molecule has 0 atom stereocenters. The third-order valence-electron chi connectivity index (χ3n) is 4.00. The van der Waals surface area contributed by atoms with E-state index in [1.807, 2.05) is 37.2 Å². The maximum absolute atomic E-state index is 12.4. The summed E-state index contributed by atoms with van der Waals surface area (Å²) in [5.74, 6) is 0.806. The number of ether oxygens (including phenoxy) is 2. The smallest absolute Gasteiger partial charge is 0.253 e. The molecule has 0 bridgehead atoms. The number of hydrogen-bond donors (Lipinski definition) is 2. The van der Waals surface area contributed by atoms with Crippen LogP contribution in [0.2, 0.25) is 0 Å². The van der Waals surface area contributed by atoms with E-state index in [4.69, 9.17) is 9.47 Å². The van der Waals surface area contributed by atoms with Crippen molar-refractivity contribution in [3.05, 3.63) is 53.3 Å². The Bertz CT molecular complexity index is 838. The predicted octanol–water partition coefficient (Wildman–Crippen LogP) is 1.03. The van der Waals surface area contributed by atoms with E-state index < -0.39 is 0 Å². The van der Waals surface area contributed by atoms with Crippen molar-refractivity contribution in [2.24, 2.45) is 0 Å². The van der Waals surface area contributed by atoms with Crippen LogP contribution in [0.3, 0.4) is 0 Å². The molecule has 27 heavy (non-hydrogen) atoms. The molecule has 8 nitrogen and oxygen atoms in total. The average Bonchev–Trinajstić information content (AvgIpc) is 3.13. The van der Waals surface area contributed by atoms with Gasteiger partial charge in [0, 0.05) is 32.0 Å². The maximum Gasteiger partial charge on any atom is 0.253 e. The Morgan fingerprint density at radius 3 is 2.48 bits per heavy atom. The van der Waals surface area contributed by atoms with Crippen molar-refractivity contribution >= 4 is 11.8 Å². The minimum Gasteiger partial charge on any atom is -0.454 e. The van der Waals surface area contributed by atoms with E-state index >= 15 is 0 Å². The van der Waals surface area contributed by atoms with Gasteiger partial charge in [-0.05, 0) is 37.9 Å². The van der Waals surface area contributed by atoms with Crippen LogP contribution < -0.4 is 20.1 Å². The number of carbonyl (C=O) groups excluding carboxylic acids is 2. The minimum absolute atomic E-state index is 0.209. The number of aromatic nitrogens is 1. The molecule has 142 valence electrons. The topological polar surface area (TPSA) is 92.8 Å². The van der Waals surface area contributed by atoms with Crippen LogP contribution in [0.1, 0.15) is 26.3 Å². The molecular formula is C19H22N4O4. The van der Waals surface area contributed by atoms with Crippen molar-refractivity contribution in [1.82, 2.24) is 20.5 Å². The first-order chi connectivity index (χ1) is 13.0. The van der Waals surface area contributed by atoms with Gasteiger partial charge in [0.2, 0.25) is 6.79 Å². The molecule has 0 fully saturated rings. The second-order valence-electron chi connectivity index (χ2n) is 6.39. The van der Waals surface area contributed by atoms with Gasteiger partial charge in [0.1, 0.15) is 0 Å². The molecule has 1 aromatic carbocycles. The number of rotatable bonds is 7. The van der Waals surface area contributed by atoms with E-state index in [0.29, 0.717) is 35.7 Å². The van der Waals surface area contributed by atoms with Gasteiger partial charge in [-0.2, -0.15) is 0 Å². The average molecular weight is 370 g/mol. The highest BCUT2D eigenvalue weighted by Gasteiger charge is 2.14. The van der Waals surface area contributed by atoms with Crippen LogP contribution in [-0.2, 0) is 6.54 Å². The zero-order valence-corrected chi connectivity index (χ0v) is 15.3. The normalized spacial score (nSPS) is 12.1. The molecule has 1 aliphatic heterocycles. The molecule has 0 saturated carbocycles. The number of hydrogen-bond acceptors (Lipinski definition) is 6. The van der Waals surface area contributed by atoms with Gasteiger partial charge >= 0.3 is 0 Å². The molecule has 1 aromatic heterocycles. The molecule has 0 saturated heterocycles. The summed E-state index contributed by atoms with van der Waals surface area (Å²) in [6.45, 7) is 1.79. The van der Waals surface area contributed by atoms with Crippen molar-refractivity contribution in [3.8, 4) is 11.5 Å². The molecule has 2 amide bonds. The Labute approximate surface area is 157 Å². The molecule has 8 heteroatoms. The third-order valence-corrected chi connectivity index (χ3v) is 4.00. The summed E-state index contributed by atoms with van der Waals surface area (Å²) in [4.78, 5) is 30.5. The van der Waals surface area contributed by atoms with Gasteiger partial charge in [0.25, 0.3) is 11.8 Å². The van der Waals surface area contributed by atoms with E-state index in [9.17, 15) is 9.59 Å². The molecule has 2 N–H and O–H groups in total. The number of fused-ring (bicyclic) bond motifs is 1. The van der Waals surface area contributed by atoms with Crippen LogP contribution in [0, 0.1) is 0 Å². The first-order valence-electron chi connectivity index (χ1n) is 8.57. The summed E-state index contributed by atoms with van der Waals surface area (Å²) in [7, 11) is 3.86. The van der Waals surface area contributed by atoms with Crippen LogP contribution in [0.4, 0.5) is 0 Å². The monoisotopic (exact) mass is 370 g/mol. The summed E-state index contributed by atoms with van der Waals surface area (Å²) >= 11 is 0. The molecule has 0 aliphatic carbocycles. The SMILES string of the molecule is CN(C)CCNC(=O)c1cncc(C(=O)NCc2ccc3c(c2)OCO3)c1. The molecule has 3 rings (SSSR count). The lowest BCUT2D eigenvalue weighted by Gasteiger charge is -2.11. The van der Waals surface area contributed by atoms with E-state index in [-0.39, 0.29) is 18.6 Å². The predicted molar refractivity (Wildman–Crippen MR) is 98.9 cm³/mol. The molecule has 0 spiro atoms. The summed E-state index contributed by atoms with van der Waals surface area (Å²) in [5.41, 5.74) is 1.57. The van der Waals surface area contributed by atoms with Gasteiger partial charge in [-0.3, -0.25) is 14.6 Å². The Kier molecular flexibility index (Phi) is 5.87. The molecule has 0 radical (unpaired) electrons. The Morgan fingerprint density at radius 2 is 1.74 bits per heavy atom. The largest absolute Gasteiger partial charge is 0.454 e. The quantitative estimate of drug-likeness (QED) is 0.756. The fourth-order valence-corrected chi connectivity index (χ4v) is 2.52. The fraction of sp³-hybridized carbons (Fsp3) is 0.316. The number of pyridine rings is 1. The van der Waals surface area contributed by atoms with Gasteiger partial charge in [-0.1, -0.05) is 6.07 Å². The summed E-state index contributed by atoms with van der Waals surface area (Å²) < 4.78 is 10.6. The first-order valence-corrected chi connectivity index (χ1v) is 8.57. The highest BCUT2D eigenvalue weighted by Crippen LogP contribution is 2.32. The van der Waals surface area contributed by atoms with Gasteiger partial charge in [0.15, 0.2) is 11.5 Å². The maximum atomic E-state index is 12.4. The Morgan fingerprint density at radius 1 is 1.04 bits per heavy atom. The molecular weight excluding hydrogens is 348 g/mol. The van der Waals surface area contributed by atoms with Crippen molar-refractivity contribution in [2.45, 2.75) is 6.54 Å². The van der Waals surface area contributed by atoms with Crippen molar-refractivity contribution in [3.63, 3.8) is 0 Å². The number of nitrogens with zero attached hydrogens (tertiary/aromatic N) is 2. The number of nitrogens with one attached hydrogen (secondary N) is 2. The molecule has 0 unspecified atom stereocenters. The number of benzene rings is 1. The molecule has 1 aliphatic rings. The summed E-state index contributed by atoms with van der Waals surface area (Å²) in [5, 5.41) is 5.62. The number of likely N-dealkylation sites (N-methyl/N-ethyl adjacent to an activating group) is 1. The fourth-order valence-electron chi connectivity index (χ4n) is 2.52. The standard InChI is InChI=1S/C19H22N4O4/c1-23(2)6-5-21-18(24)14-8-15(11-20-10-14)19(25)22-9-13-3-4-16-17(7-13)27-12-26-16/h3-4,7-8,10-11H,5-6,9,12H2,1-2H3,(H,21,24)(H,22,25). The van der Waals surface area contributed by atoms with Crippen LogP contribution in [0.15, 0.2) is 36.7 Å². The number of carbonyl (C=O) groups is 2. The van der Waals surface area contributed by atoms with Crippen molar-refractivity contribution in [2.75, 3.05) is 34.0 Å². The molecule has 2 aromatic rings. The van der Waals surface area contributed by atoms with Crippen LogP contribution in [-0.4, -0.2) is 55.7 Å². The van der Waals surface area contributed by atoms with Crippen LogP contribution in [0.5, 0.6) is 11.5 Å². The zero-order valence-electron chi connectivity index (χ0n) is 15.3. The highest BCUT2D eigenvalue weighted by atomic mass is 16.7. The third kappa shape index (κ3) is 4.95. The highest BCUT2D eigenvalue weighted by molar-refractivity contribution is 5.99. The summed E-state index contributed by atoms with van der Waals surface area (Å²) in [6, 6.07) is 7.03. The van der Waals surface area contributed by atoms with Crippen LogP contribution >= 0.6 is 0 Å². The Balaban J connectivity index is 1.57. The van der Waals surface area contributed by atoms with Crippen molar-refractivity contribution in [1.29, 1.82) is 0 Å². The lowest BCUT2D eigenvalue weighted by Crippen LogP contribution is -2.31. The minimum atomic E-state index is -0.303. The van der Waals surface area contributed by atoms with E-state index in [0.717, 1.165) is 12.1 Å². The van der Waals surface area contributed by atoms with Crippen molar-refractivity contribution < 1.29 is 19.1 Å². The lowest BCUT2D eigenvalue weighted by molar-refractivity contribution is 0.0950. The van der Waals surface area contributed by atoms with Gasteiger partial charge in [-0.15, -0.1) is 0 Å². The van der Waals surface area contributed by atoms with Gasteiger partial charge < -0.3 is 25.0 Å². The zero-order chi connectivity index (χ0) is 19.2. The number of amides is 2. The first kappa shape index (κ1) is 18.7. The molecule has 2 heterocycles. The second-order valence-corrected chi connectivity index (χ2v) is 6.39. The van der Waals surface area contributed by atoms with Crippen LogP contribution in [0.25, 0.3) is 0 Å².